The van der Waals surface area contributed by atoms with Gasteiger partial charge in [-0.3, -0.25) is 0 Å². The first kappa shape index (κ1) is 12.9. The highest BCUT2D eigenvalue weighted by atomic mass is 32.2. The van der Waals surface area contributed by atoms with E-state index in [1.807, 2.05) is 23.7 Å². The third kappa shape index (κ3) is 2.60. The normalized spacial score (nSPS) is 10.9. The van der Waals surface area contributed by atoms with E-state index in [1.165, 1.54) is 23.9 Å². The number of fused-ring (bicyclic) bond motifs is 1. The Balaban J connectivity index is 2.00. The van der Waals surface area contributed by atoms with Crippen molar-refractivity contribution in [1.29, 1.82) is 0 Å². The first-order valence-corrected chi connectivity index (χ1v) is 7.09. The summed E-state index contributed by atoms with van der Waals surface area (Å²) < 4.78 is 14.9. The van der Waals surface area contributed by atoms with Gasteiger partial charge >= 0.3 is 0 Å². The zero-order valence-corrected chi connectivity index (χ0v) is 11.7. The predicted octanol–water partition coefficient (Wildman–Crippen LogP) is 3.45. The fraction of sp³-hybridized carbons (Fsp3) is 0.143. The zero-order valence-electron chi connectivity index (χ0n) is 10.9. The third-order valence-corrected chi connectivity index (χ3v) is 3.70. The van der Waals surface area contributed by atoms with E-state index in [9.17, 15) is 4.39 Å². The molecular formula is C14H13FN4S. The number of aromatic nitrogens is 3. The molecule has 2 heterocycles. The van der Waals surface area contributed by atoms with Crippen LogP contribution in [0.4, 0.5) is 10.2 Å². The number of anilines is 1. The fourth-order valence-electron chi connectivity index (χ4n) is 1.85. The van der Waals surface area contributed by atoms with Crippen molar-refractivity contribution in [3.63, 3.8) is 0 Å². The summed E-state index contributed by atoms with van der Waals surface area (Å²) in [6.07, 6.45) is 5.52. The second kappa shape index (κ2) is 5.50. The lowest BCUT2D eigenvalue weighted by molar-refractivity contribution is 0.626. The van der Waals surface area contributed by atoms with E-state index >= 15 is 0 Å². The molecule has 0 saturated heterocycles. The van der Waals surface area contributed by atoms with E-state index in [0.29, 0.717) is 0 Å². The lowest BCUT2D eigenvalue weighted by atomic mass is 10.4. The van der Waals surface area contributed by atoms with Crippen LogP contribution < -0.4 is 5.32 Å². The minimum atomic E-state index is -0.241. The molecule has 3 rings (SSSR count). The Kier molecular flexibility index (Phi) is 3.56. The van der Waals surface area contributed by atoms with Crippen LogP contribution in [-0.2, 0) is 0 Å². The van der Waals surface area contributed by atoms with Crippen LogP contribution in [0.15, 0.2) is 52.8 Å². The Labute approximate surface area is 120 Å². The molecule has 0 amide bonds. The number of imidazole rings is 1. The van der Waals surface area contributed by atoms with Gasteiger partial charge < -0.3 is 9.72 Å². The molecule has 0 fully saturated rings. The Morgan fingerprint density at radius 1 is 1.30 bits per heavy atom. The van der Waals surface area contributed by atoms with Crippen molar-refractivity contribution in [3.05, 3.63) is 48.7 Å². The number of hydrogen-bond acceptors (Lipinski definition) is 4. The molecule has 1 N–H and O–H groups in total. The highest BCUT2D eigenvalue weighted by molar-refractivity contribution is 7.99. The van der Waals surface area contributed by atoms with Gasteiger partial charge in [-0.1, -0.05) is 11.8 Å². The molecule has 0 atom stereocenters. The molecule has 6 heteroatoms. The van der Waals surface area contributed by atoms with Crippen LogP contribution in [0.3, 0.4) is 0 Å². The number of benzene rings is 1. The highest BCUT2D eigenvalue weighted by Gasteiger charge is 2.09. The average Bonchev–Trinajstić information content (AvgIpc) is 2.90. The van der Waals surface area contributed by atoms with Crippen LogP contribution in [0.1, 0.15) is 6.92 Å². The summed E-state index contributed by atoms with van der Waals surface area (Å²) in [6, 6.07) is 6.36. The van der Waals surface area contributed by atoms with Crippen LogP contribution in [-0.4, -0.2) is 20.9 Å². The molecule has 20 heavy (non-hydrogen) atoms. The molecule has 0 aliphatic heterocycles. The largest absolute Gasteiger partial charge is 0.369 e. The Morgan fingerprint density at radius 3 is 2.85 bits per heavy atom. The molecule has 4 nitrogen and oxygen atoms in total. The van der Waals surface area contributed by atoms with Crippen molar-refractivity contribution in [2.24, 2.45) is 0 Å². The van der Waals surface area contributed by atoms with Crippen LogP contribution in [0.2, 0.25) is 0 Å². The van der Waals surface area contributed by atoms with E-state index in [-0.39, 0.29) is 5.82 Å². The molecule has 0 aliphatic rings. The molecule has 0 spiro atoms. The molecule has 0 radical (unpaired) electrons. The summed E-state index contributed by atoms with van der Waals surface area (Å²) in [4.78, 5) is 9.79. The van der Waals surface area contributed by atoms with Gasteiger partial charge in [0.05, 0.1) is 6.20 Å². The maximum absolute atomic E-state index is 12.9. The van der Waals surface area contributed by atoms with E-state index in [4.69, 9.17) is 0 Å². The van der Waals surface area contributed by atoms with Gasteiger partial charge in [0.15, 0.2) is 5.65 Å². The van der Waals surface area contributed by atoms with Gasteiger partial charge in [0, 0.05) is 23.8 Å². The first-order chi connectivity index (χ1) is 9.76. The van der Waals surface area contributed by atoms with Crippen molar-refractivity contribution in [2.45, 2.75) is 16.8 Å². The van der Waals surface area contributed by atoms with Crippen molar-refractivity contribution >= 4 is 23.2 Å². The van der Waals surface area contributed by atoms with E-state index in [2.05, 4.69) is 15.3 Å². The average molecular weight is 288 g/mol. The molecular weight excluding hydrogens is 275 g/mol. The van der Waals surface area contributed by atoms with E-state index in [0.717, 1.165) is 27.9 Å². The van der Waals surface area contributed by atoms with Crippen molar-refractivity contribution in [2.75, 3.05) is 11.9 Å². The Bertz CT molecular complexity index is 724. The SMILES string of the molecule is CCNc1cn2ccnc2c(Sc2ccc(F)cc2)n1. The van der Waals surface area contributed by atoms with E-state index < -0.39 is 0 Å². The summed E-state index contributed by atoms with van der Waals surface area (Å²) in [7, 11) is 0. The number of nitrogens with one attached hydrogen (secondary N) is 1. The smallest absolute Gasteiger partial charge is 0.170 e. The van der Waals surface area contributed by atoms with Crippen LogP contribution in [0, 0.1) is 5.82 Å². The number of halogens is 1. The van der Waals surface area contributed by atoms with Crippen LogP contribution in [0.5, 0.6) is 0 Å². The summed E-state index contributed by atoms with van der Waals surface area (Å²) in [5, 5.41) is 3.98. The Morgan fingerprint density at radius 2 is 2.10 bits per heavy atom. The fourth-order valence-corrected chi connectivity index (χ4v) is 2.74. The second-order valence-corrected chi connectivity index (χ2v) is 5.24. The van der Waals surface area contributed by atoms with Gasteiger partial charge in [0.1, 0.15) is 16.7 Å². The lowest BCUT2D eigenvalue weighted by Gasteiger charge is -2.07. The molecule has 1 aromatic carbocycles. The number of nitrogens with zero attached hydrogens (tertiary/aromatic N) is 3. The van der Waals surface area contributed by atoms with Crippen LogP contribution >= 0.6 is 11.8 Å². The van der Waals surface area contributed by atoms with Gasteiger partial charge in [0.25, 0.3) is 0 Å². The van der Waals surface area contributed by atoms with Crippen molar-refractivity contribution in [3.8, 4) is 0 Å². The van der Waals surface area contributed by atoms with Crippen molar-refractivity contribution < 1.29 is 4.39 Å². The molecule has 2 aromatic heterocycles. The maximum Gasteiger partial charge on any atom is 0.170 e. The van der Waals surface area contributed by atoms with Crippen LogP contribution in [0.25, 0.3) is 5.65 Å². The summed E-state index contributed by atoms with van der Waals surface area (Å²) in [5.74, 6) is 0.553. The molecule has 0 saturated carbocycles. The minimum absolute atomic E-state index is 0.241. The molecule has 0 bridgehead atoms. The maximum atomic E-state index is 12.9. The zero-order chi connectivity index (χ0) is 13.9. The number of hydrogen-bond donors (Lipinski definition) is 1. The molecule has 0 unspecified atom stereocenters. The second-order valence-electron chi connectivity index (χ2n) is 4.18. The lowest BCUT2D eigenvalue weighted by Crippen LogP contribution is -2.02. The first-order valence-electron chi connectivity index (χ1n) is 6.27. The highest BCUT2D eigenvalue weighted by Crippen LogP contribution is 2.29. The number of rotatable bonds is 4. The molecule has 3 aromatic rings. The molecule has 102 valence electrons. The van der Waals surface area contributed by atoms with Gasteiger partial charge in [-0.15, -0.1) is 0 Å². The summed E-state index contributed by atoms with van der Waals surface area (Å²) in [5.41, 5.74) is 0.793. The van der Waals surface area contributed by atoms with Gasteiger partial charge in [-0.05, 0) is 31.2 Å². The van der Waals surface area contributed by atoms with Gasteiger partial charge in [-0.25, -0.2) is 14.4 Å². The third-order valence-electron chi connectivity index (χ3n) is 2.73. The quantitative estimate of drug-likeness (QED) is 0.798. The standard InChI is InChI=1S/C14H13FN4S/c1-2-16-12-9-19-8-7-17-13(19)14(18-12)20-11-5-3-10(15)4-6-11/h3-9,16H,2H2,1H3. The minimum Gasteiger partial charge on any atom is -0.369 e. The monoisotopic (exact) mass is 288 g/mol. The predicted molar refractivity (Wildman–Crippen MR) is 77.7 cm³/mol. The van der Waals surface area contributed by atoms with Gasteiger partial charge in [0.2, 0.25) is 0 Å². The topological polar surface area (TPSA) is 42.2 Å². The Hall–Kier alpha value is -2.08. The summed E-state index contributed by atoms with van der Waals surface area (Å²) >= 11 is 1.47. The van der Waals surface area contributed by atoms with E-state index in [1.54, 1.807) is 18.3 Å². The van der Waals surface area contributed by atoms with Gasteiger partial charge in [-0.2, -0.15) is 0 Å². The molecule has 0 aliphatic carbocycles. The van der Waals surface area contributed by atoms with Crippen molar-refractivity contribution in [1.82, 2.24) is 14.4 Å². The summed E-state index contributed by atoms with van der Waals surface area (Å²) in [6.45, 7) is 2.82.